The molecule has 0 N–H and O–H groups in total. The van der Waals surface area contributed by atoms with Crippen LogP contribution in [0.1, 0.15) is 9.80 Å². The summed E-state index contributed by atoms with van der Waals surface area (Å²) < 4.78 is 18.7. The molecule has 0 unspecified atom stereocenters. The maximum atomic E-state index is 12.9. The molecular formula is C15H8BFN2O2S. The third-order valence-electron chi connectivity index (χ3n) is 2.81. The Morgan fingerprint density at radius 3 is 2.64 bits per heavy atom. The highest BCUT2D eigenvalue weighted by atomic mass is 32.1. The fraction of sp³-hybridized carbons (Fsp3) is 0. The van der Waals surface area contributed by atoms with Crippen LogP contribution >= 0.6 is 11.3 Å². The summed E-state index contributed by atoms with van der Waals surface area (Å²) in [6.45, 7) is 0. The van der Waals surface area contributed by atoms with Gasteiger partial charge in [0.15, 0.2) is 13.6 Å². The Bertz CT molecular complexity index is 820. The molecule has 0 fully saturated rings. The zero-order valence-corrected chi connectivity index (χ0v) is 12.0. The number of rotatable bonds is 4. The van der Waals surface area contributed by atoms with E-state index in [1.807, 2.05) is 0 Å². The SMILES string of the molecule is [B]C(=O)c1ncc(-c2ccncc2Oc2ccc(F)cc2)s1. The fourth-order valence-corrected chi connectivity index (χ4v) is 2.61. The molecule has 106 valence electrons. The highest BCUT2D eigenvalue weighted by molar-refractivity contribution is 7.18. The van der Waals surface area contributed by atoms with E-state index in [4.69, 9.17) is 12.6 Å². The Labute approximate surface area is 131 Å². The Morgan fingerprint density at radius 2 is 1.95 bits per heavy atom. The van der Waals surface area contributed by atoms with Gasteiger partial charge in [0.05, 0.1) is 11.1 Å². The van der Waals surface area contributed by atoms with Gasteiger partial charge in [-0.3, -0.25) is 4.98 Å². The molecule has 0 amide bonds. The molecule has 0 spiro atoms. The molecule has 0 bridgehead atoms. The van der Waals surface area contributed by atoms with E-state index in [-0.39, 0.29) is 10.8 Å². The molecule has 22 heavy (non-hydrogen) atoms. The summed E-state index contributed by atoms with van der Waals surface area (Å²) in [6.07, 6.45) is 4.70. The molecule has 2 heterocycles. The van der Waals surface area contributed by atoms with Crippen LogP contribution in [0.25, 0.3) is 10.4 Å². The lowest BCUT2D eigenvalue weighted by Crippen LogP contribution is -1.94. The molecule has 0 saturated heterocycles. The predicted molar refractivity (Wildman–Crippen MR) is 81.9 cm³/mol. The van der Waals surface area contributed by atoms with Gasteiger partial charge in [-0.25, -0.2) is 9.37 Å². The van der Waals surface area contributed by atoms with Crippen LogP contribution in [0.3, 0.4) is 0 Å². The van der Waals surface area contributed by atoms with Crippen molar-refractivity contribution in [1.82, 2.24) is 9.97 Å². The standard InChI is InChI=1S/C15H8BFN2O2S/c16-14(20)15-19-8-13(22-15)11-5-6-18-7-12(11)21-10-3-1-9(17)2-4-10/h1-8H. The third-order valence-corrected chi connectivity index (χ3v) is 3.85. The number of nitrogens with zero attached hydrogens (tertiary/aromatic N) is 2. The average molecular weight is 310 g/mol. The average Bonchev–Trinajstić information content (AvgIpc) is 3.00. The summed E-state index contributed by atoms with van der Waals surface area (Å²) in [4.78, 5) is 19.9. The summed E-state index contributed by atoms with van der Waals surface area (Å²) >= 11 is 1.17. The Hall–Kier alpha value is -2.54. The van der Waals surface area contributed by atoms with E-state index in [0.717, 1.165) is 10.4 Å². The molecule has 2 radical (unpaired) electrons. The highest BCUT2D eigenvalue weighted by Crippen LogP contribution is 2.35. The van der Waals surface area contributed by atoms with Crippen molar-refractivity contribution in [3.05, 3.63) is 59.7 Å². The summed E-state index contributed by atoms with van der Waals surface area (Å²) in [5, 5.41) is 0.222. The van der Waals surface area contributed by atoms with Gasteiger partial charge in [0.1, 0.15) is 22.3 Å². The van der Waals surface area contributed by atoms with Crippen molar-refractivity contribution in [2.45, 2.75) is 0 Å². The van der Waals surface area contributed by atoms with E-state index in [1.54, 1.807) is 24.7 Å². The Morgan fingerprint density at radius 1 is 1.18 bits per heavy atom. The number of benzene rings is 1. The molecule has 2 aromatic heterocycles. The van der Waals surface area contributed by atoms with E-state index in [9.17, 15) is 9.18 Å². The first-order valence-corrected chi connectivity index (χ1v) is 7.08. The van der Waals surface area contributed by atoms with Crippen LogP contribution < -0.4 is 4.74 Å². The molecule has 0 aliphatic rings. The van der Waals surface area contributed by atoms with Gasteiger partial charge in [-0.1, -0.05) is 0 Å². The van der Waals surface area contributed by atoms with E-state index in [2.05, 4.69) is 9.97 Å². The number of pyridine rings is 1. The van der Waals surface area contributed by atoms with Gasteiger partial charge < -0.3 is 9.53 Å². The summed E-state index contributed by atoms with van der Waals surface area (Å²) in [7, 11) is 5.21. The minimum Gasteiger partial charge on any atom is -0.455 e. The maximum Gasteiger partial charge on any atom is 0.178 e. The lowest BCUT2D eigenvalue weighted by molar-refractivity contribution is 0.108. The molecule has 3 rings (SSSR count). The van der Waals surface area contributed by atoms with E-state index in [1.165, 1.54) is 35.6 Å². The molecule has 1 aromatic carbocycles. The normalized spacial score (nSPS) is 10.4. The topological polar surface area (TPSA) is 52.1 Å². The molecule has 0 saturated carbocycles. The van der Waals surface area contributed by atoms with Gasteiger partial charge in [-0.2, -0.15) is 0 Å². The Kier molecular flexibility index (Phi) is 3.97. The largest absolute Gasteiger partial charge is 0.455 e. The number of ether oxygens (including phenoxy) is 1. The van der Waals surface area contributed by atoms with Crippen molar-refractivity contribution in [3.8, 4) is 21.9 Å². The van der Waals surface area contributed by atoms with E-state index >= 15 is 0 Å². The van der Waals surface area contributed by atoms with Crippen molar-refractivity contribution < 1.29 is 13.9 Å². The second kappa shape index (κ2) is 6.07. The summed E-state index contributed by atoms with van der Waals surface area (Å²) in [6, 6.07) is 7.41. The molecule has 4 nitrogen and oxygen atoms in total. The molecule has 0 atom stereocenters. The van der Waals surface area contributed by atoms with Gasteiger partial charge in [0.25, 0.3) is 0 Å². The zero-order chi connectivity index (χ0) is 15.5. The lowest BCUT2D eigenvalue weighted by Gasteiger charge is -2.09. The number of hydrogen-bond donors (Lipinski definition) is 0. The number of thiazole rings is 1. The molecule has 0 aliphatic carbocycles. The monoisotopic (exact) mass is 310 g/mol. The van der Waals surface area contributed by atoms with Crippen molar-refractivity contribution >= 4 is 24.9 Å². The van der Waals surface area contributed by atoms with Crippen LogP contribution in [-0.4, -0.2) is 23.5 Å². The van der Waals surface area contributed by atoms with Gasteiger partial charge in [0, 0.05) is 18.0 Å². The molecule has 7 heteroatoms. The second-order valence-corrected chi connectivity index (χ2v) is 5.35. The van der Waals surface area contributed by atoms with E-state index in [0.29, 0.717) is 11.5 Å². The lowest BCUT2D eigenvalue weighted by atomic mass is 10.0. The van der Waals surface area contributed by atoms with Gasteiger partial charge in [0.2, 0.25) is 0 Å². The van der Waals surface area contributed by atoms with Gasteiger partial charge in [-0.15, -0.1) is 11.3 Å². The van der Waals surface area contributed by atoms with E-state index < -0.39 is 5.68 Å². The first-order valence-electron chi connectivity index (χ1n) is 6.27. The first kappa shape index (κ1) is 14.4. The minimum atomic E-state index is -0.577. The van der Waals surface area contributed by atoms with Gasteiger partial charge >= 0.3 is 0 Å². The van der Waals surface area contributed by atoms with Crippen molar-refractivity contribution in [3.63, 3.8) is 0 Å². The maximum absolute atomic E-state index is 12.9. The fourth-order valence-electron chi connectivity index (χ4n) is 1.81. The number of aromatic nitrogens is 2. The number of carbonyl (C=O) groups is 1. The number of halogens is 1. The van der Waals surface area contributed by atoms with Gasteiger partial charge in [-0.05, 0) is 30.3 Å². The molecule has 0 aliphatic heterocycles. The van der Waals surface area contributed by atoms with Crippen LogP contribution in [0.4, 0.5) is 4.39 Å². The minimum absolute atomic E-state index is 0.222. The third kappa shape index (κ3) is 3.04. The Balaban J connectivity index is 1.95. The van der Waals surface area contributed by atoms with Crippen molar-refractivity contribution in [2.75, 3.05) is 0 Å². The smallest absolute Gasteiger partial charge is 0.178 e. The van der Waals surface area contributed by atoms with Crippen molar-refractivity contribution in [1.29, 1.82) is 0 Å². The van der Waals surface area contributed by atoms with Crippen molar-refractivity contribution in [2.24, 2.45) is 0 Å². The predicted octanol–water partition coefficient (Wildman–Crippen LogP) is 3.45. The molecular weight excluding hydrogens is 302 g/mol. The van der Waals surface area contributed by atoms with Crippen LogP contribution in [-0.2, 0) is 0 Å². The quantitative estimate of drug-likeness (QED) is 0.693. The second-order valence-electron chi connectivity index (χ2n) is 4.32. The zero-order valence-electron chi connectivity index (χ0n) is 11.2. The molecule has 3 aromatic rings. The highest BCUT2D eigenvalue weighted by Gasteiger charge is 2.12. The number of hydrogen-bond acceptors (Lipinski definition) is 5. The summed E-state index contributed by atoms with van der Waals surface area (Å²) in [5.41, 5.74) is 0.149. The first-order chi connectivity index (χ1) is 10.6. The van der Waals surface area contributed by atoms with Crippen LogP contribution in [0, 0.1) is 5.82 Å². The van der Waals surface area contributed by atoms with Crippen LogP contribution in [0.15, 0.2) is 48.9 Å². The number of carbonyl (C=O) groups excluding carboxylic acids is 1. The summed E-state index contributed by atoms with van der Waals surface area (Å²) in [5.74, 6) is 0.622. The van der Waals surface area contributed by atoms with Crippen LogP contribution in [0.2, 0.25) is 0 Å². The van der Waals surface area contributed by atoms with Crippen LogP contribution in [0.5, 0.6) is 11.5 Å².